The number of imidazole rings is 1. The van der Waals surface area contributed by atoms with Gasteiger partial charge in [0, 0.05) is 11.8 Å². The second-order valence-electron chi connectivity index (χ2n) is 7.85. The Kier molecular flexibility index (Phi) is 7.11. The molecule has 0 saturated heterocycles. The zero-order valence-corrected chi connectivity index (χ0v) is 19.6. The van der Waals surface area contributed by atoms with Crippen LogP contribution in [0.4, 0.5) is 27.6 Å². The van der Waals surface area contributed by atoms with Gasteiger partial charge in [0.25, 0.3) is 0 Å². The first-order valence-electron chi connectivity index (χ1n) is 10.6. The van der Waals surface area contributed by atoms with Crippen LogP contribution in [0.5, 0.6) is 5.75 Å². The van der Waals surface area contributed by atoms with E-state index in [0.717, 1.165) is 27.8 Å². The summed E-state index contributed by atoms with van der Waals surface area (Å²) in [6.45, 7) is -1.79. The average Bonchev–Trinajstić information content (AvgIpc) is 3.23. The van der Waals surface area contributed by atoms with E-state index in [1.54, 1.807) is 18.4 Å². The molecule has 1 unspecified atom stereocenters. The van der Waals surface area contributed by atoms with E-state index in [2.05, 4.69) is 19.4 Å². The van der Waals surface area contributed by atoms with Crippen molar-refractivity contribution in [3.8, 4) is 16.9 Å². The van der Waals surface area contributed by atoms with Gasteiger partial charge in [0.05, 0.1) is 16.7 Å². The van der Waals surface area contributed by atoms with Crippen LogP contribution in [0.3, 0.4) is 0 Å². The molecular weight excluding hydrogens is 501 g/mol. The SMILES string of the molecule is CS(=O)Nc1ccccc1-c1ccc2nc(/C=C/c3ccc(OCC(F)(F)C(F)(F)F)cc3)[nH]c2c1. The molecule has 4 rings (SSSR count). The molecule has 2 N–H and O–H groups in total. The molecule has 188 valence electrons. The van der Waals surface area contributed by atoms with Crippen LogP contribution in [0, 0.1) is 0 Å². The molecule has 0 fully saturated rings. The number of fused-ring (bicyclic) bond motifs is 1. The largest absolute Gasteiger partial charge is 0.487 e. The van der Waals surface area contributed by atoms with Gasteiger partial charge in [0.1, 0.15) is 22.6 Å². The van der Waals surface area contributed by atoms with Crippen LogP contribution in [0.1, 0.15) is 11.4 Å². The number of aromatic nitrogens is 2. The van der Waals surface area contributed by atoms with E-state index in [-0.39, 0.29) is 5.75 Å². The maximum Gasteiger partial charge on any atom is 0.456 e. The summed E-state index contributed by atoms with van der Waals surface area (Å²) in [5, 5.41) is 0. The van der Waals surface area contributed by atoms with Crippen molar-refractivity contribution in [2.24, 2.45) is 0 Å². The quantitative estimate of drug-likeness (QED) is 0.254. The zero-order chi connectivity index (χ0) is 25.9. The summed E-state index contributed by atoms with van der Waals surface area (Å²) in [5.41, 5.74) is 4.72. The smallest absolute Gasteiger partial charge is 0.456 e. The predicted molar refractivity (Wildman–Crippen MR) is 131 cm³/mol. The fraction of sp³-hybridized carbons (Fsp3) is 0.160. The van der Waals surface area contributed by atoms with Gasteiger partial charge in [-0.25, -0.2) is 9.19 Å². The molecule has 1 atom stereocenters. The lowest BCUT2D eigenvalue weighted by Gasteiger charge is -2.19. The Hall–Kier alpha value is -3.73. The second kappa shape index (κ2) is 10.1. The molecular formula is C25H20F5N3O2S. The maximum absolute atomic E-state index is 13.0. The highest BCUT2D eigenvalue weighted by Crippen LogP contribution is 2.36. The summed E-state index contributed by atoms with van der Waals surface area (Å²) in [4.78, 5) is 7.71. The van der Waals surface area contributed by atoms with Crippen LogP contribution in [-0.4, -0.2) is 39.1 Å². The number of benzene rings is 3. The van der Waals surface area contributed by atoms with E-state index in [4.69, 9.17) is 0 Å². The van der Waals surface area contributed by atoms with Crippen LogP contribution in [-0.2, 0) is 11.0 Å². The third-order valence-electron chi connectivity index (χ3n) is 5.14. The lowest BCUT2D eigenvalue weighted by atomic mass is 10.0. The van der Waals surface area contributed by atoms with Crippen LogP contribution in [0.15, 0.2) is 66.7 Å². The Labute approximate surface area is 205 Å². The minimum Gasteiger partial charge on any atom is -0.487 e. The fourth-order valence-electron chi connectivity index (χ4n) is 3.36. The molecule has 0 aliphatic heterocycles. The summed E-state index contributed by atoms with van der Waals surface area (Å²) in [5.74, 6) is -4.47. The molecule has 4 aromatic rings. The van der Waals surface area contributed by atoms with Crippen LogP contribution >= 0.6 is 0 Å². The number of nitrogens with one attached hydrogen (secondary N) is 2. The van der Waals surface area contributed by atoms with Crippen molar-refractivity contribution in [1.29, 1.82) is 0 Å². The zero-order valence-electron chi connectivity index (χ0n) is 18.8. The number of aromatic amines is 1. The lowest BCUT2D eigenvalue weighted by molar-refractivity contribution is -0.290. The number of hydrogen-bond acceptors (Lipinski definition) is 3. The monoisotopic (exact) mass is 521 g/mol. The Balaban J connectivity index is 1.47. The lowest BCUT2D eigenvalue weighted by Crippen LogP contribution is -2.41. The van der Waals surface area contributed by atoms with Gasteiger partial charge in [-0.2, -0.15) is 22.0 Å². The van der Waals surface area contributed by atoms with Crippen molar-refractivity contribution in [1.82, 2.24) is 9.97 Å². The number of para-hydroxylation sites is 1. The van der Waals surface area contributed by atoms with E-state index in [0.29, 0.717) is 11.4 Å². The third kappa shape index (κ3) is 5.91. The number of alkyl halides is 5. The molecule has 0 aliphatic carbocycles. The Morgan fingerprint density at radius 1 is 1.00 bits per heavy atom. The van der Waals surface area contributed by atoms with Gasteiger partial charge in [-0.1, -0.05) is 42.5 Å². The average molecular weight is 522 g/mol. The van der Waals surface area contributed by atoms with Gasteiger partial charge in [-0.15, -0.1) is 0 Å². The number of hydrogen-bond donors (Lipinski definition) is 2. The van der Waals surface area contributed by atoms with E-state index in [1.165, 1.54) is 24.3 Å². The van der Waals surface area contributed by atoms with Crippen molar-refractivity contribution in [3.05, 3.63) is 78.1 Å². The standard InChI is InChI=1S/C25H20F5N3O2S/c1-36(34)33-20-5-3-2-4-19(20)17-9-12-21-22(14-17)32-23(31-21)13-8-16-6-10-18(11-7-16)35-15-24(26,27)25(28,29)30/h2-14,33H,15H2,1H3,(H,31,32)/b13-8+. The van der Waals surface area contributed by atoms with Crippen molar-refractivity contribution in [2.75, 3.05) is 17.6 Å². The van der Waals surface area contributed by atoms with Gasteiger partial charge >= 0.3 is 12.1 Å². The first kappa shape index (κ1) is 25.4. The van der Waals surface area contributed by atoms with Gasteiger partial charge in [0.2, 0.25) is 0 Å². The summed E-state index contributed by atoms with van der Waals surface area (Å²) in [6, 6.07) is 18.9. The molecule has 0 bridgehead atoms. The minimum atomic E-state index is -5.67. The molecule has 0 spiro atoms. The summed E-state index contributed by atoms with van der Waals surface area (Å²) in [7, 11) is -1.22. The molecule has 36 heavy (non-hydrogen) atoms. The summed E-state index contributed by atoms with van der Waals surface area (Å²) >= 11 is 0. The normalized spacial score (nSPS) is 13.3. The molecule has 0 saturated carbocycles. The Bertz CT molecular complexity index is 1420. The van der Waals surface area contributed by atoms with Crippen molar-refractivity contribution >= 4 is 39.9 Å². The molecule has 0 radical (unpaired) electrons. The first-order chi connectivity index (χ1) is 17.0. The van der Waals surface area contributed by atoms with Gasteiger partial charge in [-0.05, 0) is 47.5 Å². The predicted octanol–water partition coefficient (Wildman–Crippen LogP) is 6.68. The molecule has 11 heteroatoms. The Morgan fingerprint density at radius 3 is 2.42 bits per heavy atom. The van der Waals surface area contributed by atoms with E-state index >= 15 is 0 Å². The van der Waals surface area contributed by atoms with Gasteiger partial charge in [0.15, 0.2) is 6.61 Å². The highest BCUT2D eigenvalue weighted by atomic mass is 32.2. The van der Waals surface area contributed by atoms with Crippen molar-refractivity contribution in [3.63, 3.8) is 0 Å². The van der Waals surface area contributed by atoms with Crippen LogP contribution in [0.25, 0.3) is 34.3 Å². The number of nitrogens with zero attached hydrogens (tertiary/aromatic N) is 1. The second-order valence-corrected chi connectivity index (χ2v) is 8.96. The molecule has 0 amide bonds. The molecule has 5 nitrogen and oxygen atoms in total. The third-order valence-corrected chi connectivity index (χ3v) is 5.65. The van der Waals surface area contributed by atoms with Crippen LogP contribution < -0.4 is 9.46 Å². The van der Waals surface area contributed by atoms with Crippen molar-refractivity contribution < 1.29 is 30.9 Å². The molecule has 0 aliphatic rings. The Morgan fingerprint density at radius 2 is 1.72 bits per heavy atom. The molecule has 1 heterocycles. The van der Waals surface area contributed by atoms with E-state index in [1.807, 2.05) is 42.5 Å². The van der Waals surface area contributed by atoms with E-state index < -0.39 is 29.7 Å². The fourth-order valence-corrected chi connectivity index (χ4v) is 3.85. The topological polar surface area (TPSA) is 67.0 Å². The van der Waals surface area contributed by atoms with E-state index in [9.17, 15) is 26.2 Å². The van der Waals surface area contributed by atoms with Crippen molar-refractivity contribution in [2.45, 2.75) is 12.1 Å². The van der Waals surface area contributed by atoms with Gasteiger partial charge < -0.3 is 14.4 Å². The summed E-state index contributed by atoms with van der Waals surface area (Å²) in [6.07, 6.45) is -0.689. The maximum atomic E-state index is 13.0. The first-order valence-corrected chi connectivity index (χ1v) is 12.1. The summed E-state index contributed by atoms with van der Waals surface area (Å²) < 4.78 is 81.9. The number of H-pyrrole nitrogens is 1. The van der Waals surface area contributed by atoms with Gasteiger partial charge in [-0.3, -0.25) is 0 Å². The highest BCUT2D eigenvalue weighted by molar-refractivity contribution is 7.85. The number of ether oxygens (including phenoxy) is 1. The number of halogens is 5. The number of rotatable bonds is 8. The number of anilines is 1. The molecule has 1 aromatic heterocycles. The van der Waals surface area contributed by atoms with Crippen LogP contribution in [0.2, 0.25) is 0 Å². The minimum absolute atomic E-state index is 0.103. The molecule has 3 aromatic carbocycles. The highest BCUT2D eigenvalue weighted by Gasteiger charge is 2.58.